The average Bonchev–Trinajstić information content (AvgIpc) is 2.79. The number of benzene rings is 1. The maximum absolute atomic E-state index is 13.3. The van der Waals surface area contributed by atoms with Crippen LogP contribution in [0.5, 0.6) is 11.5 Å². The van der Waals surface area contributed by atoms with Gasteiger partial charge in [-0.25, -0.2) is 9.97 Å². The van der Waals surface area contributed by atoms with Gasteiger partial charge < -0.3 is 19.7 Å². The summed E-state index contributed by atoms with van der Waals surface area (Å²) >= 11 is 1.87. The van der Waals surface area contributed by atoms with Crippen LogP contribution in [0.1, 0.15) is 16.1 Å². The SMILES string of the molecule is Cc1ccc2c(Nc3ccc4c(c3)OCCO4)c(C(=O)N3CCSCC3)cnc2n1.Cl. The van der Waals surface area contributed by atoms with E-state index < -0.39 is 0 Å². The highest BCUT2D eigenvalue weighted by Gasteiger charge is 2.24. The third-order valence-corrected chi connectivity index (χ3v) is 6.15. The fraction of sp³-hybridized carbons (Fsp3) is 0.318. The number of thioether (sulfide) groups is 1. The van der Waals surface area contributed by atoms with Crippen molar-refractivity contribution in [3.8, 4) is 11.5 Å². The zero-order valence-corrected chi connectivity index (χ0v) is 18.7. The first-order valence-corrected chi connectivity index (χ1v) is 11.1. The van der Waals surface area contributed by atoms with Crippen molar-refractivity contribution in [2.75, 3.05) is 43.1 Å². The van der Waals surface area contributed by atoms with E-state index in [9.17, 15) is 4.79 Å². The molecule has 1 N–H and O–H groups in total. The predicted molar refractivity (Wildman–Crippen MR) is 125 cm³/mol. The Labute approximate surface area is 190 Å². The minimum Gasteiger partial charge on any atom is -0.486 e. The summed E-state index contributed by atoms with van der Waals surface area (Å²) in [6.07, 6.45) is 1.64. The number of nitrogens with zero attached hydrogens (tertiary/aromatic N) is 3. The average molecular weight is 459 g/mol. The molecule has 0 radical (unpaired) electrons. The summed E-state index contributed by atoms with van der Waals surface area (Å²) in [5, 5.41) is 4.25. The second-order valence-electron chi connectivity index (χ2n) is 7.26. The van der Waals surface area contributed by atoms with Crippen LogP contribution < -0.4 is 14.8 Å². The van der Waals surface area contributed by atoms with Crippen molar-refractivity contribution in [2.24, 2.45) is 0 Å². The van der Waals surface area contributed by atoms with Gasteiger partial charge in [-0.1, -0.05) is 0 Å². The smallest absolute Gasteiger partial charge is 0.257 e. The van der Waals surface area contributed by atoms with E-state index in [2.05, 4.69) is 15.3 Å². The lowest BCUT2D eigenvalue weighted by atomic mass is 10.1. The number of amides is 1. The topological polar surface area (TPSA) is 76.6 Å². The van der Waals surface area contributed by atoms with Crippen LogP contribution in [0, 0.1) is 6.92 Å². The first-order chi connectivity index (χ1) is 14.7. The third kappa shape index (κ3) is 4.36. The molecule has 0 atom stereocenters. The van der Waals surface area contributed by atoms with Crippen LogP contribution >= 0.6 is 24.2 Å². The predicted octanol–water partition coefficient (Wildman–Crippen LogP) is 4.06. The van der Waals surface area contributed by atoms with E-state index >= 15 is 0 Å². The number of rotatable bonds is 3. The highest BCUT2D eigenvalue weighted by Crippen LogP contribution is 2.36. The summed E-state index contributed by atoms with van der Waals surface area (Å²) in [6, 6.07) is 9.60. The summed E-state index contributed by atoms with van der Waals surface area (Å²) in [5.41, 5.74) is 3.58. The first-order valence-electron chi connectivity index (χ1n) is 9.99. The molecule has 1 fully saturated rings. The molecule has 0 spiro atoms. The molecule has 162 valence electrons. The molecule has 2 aliphatic heterocycles. The van der Waals surface area contributed by atoms with Gasteiger partial charge in [0.05, 0.1) is 11.3 Å². The number of ether oxygens (including phenoxy) is 2. The van der Waals surface area contributed by atoms with Gasteiger partial charge in [-0.3, -0.25) is 4.79 Å². The Balaban J connectivity index is 0.00000231. The second kappa shape index (κ2) is 9.20. The number of fused-ring (bicyclic) bond motifs is 2. The van der Waals surface area contributed by atoms with Gasteiger partial charge in [0.15, 0.2) is 17.1 Å². The van der Waals surface area contributed by atoms with Gasteiger partial charge in [-0.2, -0.15) is 11.8 Å². The zero-order valence-electron chi connectivity index (χ0n) is 17.1. The fourth-order valence-corrected chi connectivity index (χ4v) is 4.57. The van der Waals surface area contributed by atoms with Crippen molar-refractivity contribution >= 4 is 52.5 Å². The number of aromatic nitrogens is 2. The molecule has 2 aliphatic rings. The van der Waals surface area contributed by atoms with Gasteiger partial charge in [-0.05, 0) is 31.2 Å². The van der Waals surface area contributed by atoms with Crippen LogP contribution in [0.3, 0.4) is 0 Å². The van der Waals surface area contributed by atoms with E-state index in [-0.39, 0.29) is 18.3 Å². The lowest BCUT2D eigenvalue weighted by Gasteiger charge is -2.27. The minimum atomic E-state index is -0.00896. The number of halogens is 1. The van der Waals surface area contributed by atoms with E-state index in [0.29, 0.717) is 35.9 Å². The van der Waals surface area contributed by atoms with E-state index in [1.54, 1.807) is 6.20 Å². The fourth-order valence-electron chi connectivity index (χ4n) is 3.67. The number of anilines is 2. The van der Waals surface area contributed by atoms with Crippen molar-refractivity contribution in [2.45, 2.75) is 6.92 Å². The quantitative estimate of drug-likeness (QED) is 0.634. The zero-order chi connectivity index (χ0) is 20.5. The number of carbonyl (C=O) groups is 1. The number of pyridine rings is 2. The summed E-state index contributed by atoms with van der Waals surface area (Å²) in [7, 11) is 0. The molecule has 9 heteroatoms. The van der Waals surface area contributed by atoms with Crippen LogP contribution in [0.2, 0.25) is 0 Å². The van der Waals surface area contributed by atoms with Crippen molar-refractivity contribution in [3.05, 3.63) is 47.8 Å². The van der Waals surface area contributed by atoms with E-state index in [4.69, 9.17) is 9.47 Å². The largest absolute Gasteiger partial charge is 0.486 e. The molecular weight excluding hydrogens is 436 g/mol. The lowest BCUT2D eigenvalue weighted by molar-refractivity contribution is 0.0773. The van der Waals surface area contributed by atoms with Gasteiger partial charge in [0, 0.05) is 53.6 Å². The van der Waals surface area contributed by atoms with Gasteiger partial charge >= 0.3 is 0 Å². The Morgan fingerprint density at radius 2 is 1.87 bits per heavy atom. The van der Waals surface area contributed by atoms with Crippen molar-refractivity contribution in [1.82, 2.24) is 14.9 Å². The van der Waals surface area contributed by atoms with Crippen LogP contribution in [-0.2, 0) is 0 Å². The standard InChI is InChI=1S/C22H22N4O3S.ClH/c1-14-2-4-16-20(25-15-3-5-18-19(12-15)29-9-8-28-18)17(13-23-21(16)24-14)22(27)26-6-10-30-11-7-26;/h2-5,12-13H,6-11H2,1H3,(H,23,24,25);1H. The molecule has 1 saturated heterocycles. The molecule has 1 aromatic carbocycles. The highest BCUT2D eigenvalue weighted by atomic mass is 35.5. The molecule has 7 nitrogen and oxygen atoms in total. The molecule has 0 saturated carbocycles. The van der Waals surface area contributed by atoms with Gasteiger partial charge in [0.25, 0.3) is 5.91 Å². The van der Waals surface area contributed by atoms with E-state index in [0.717, 1.165) is 47.1 Å². The molecule has 0 bridgehead atoms. The lowest BCUT2D eigenvalue weighted by Crippen LogP contribution is -2.38. The Bertz CT molecular complexity index is 1120. The van der Waals surface area contributed by atoms with Crippen molar-refractivity contribution in [3.63, 3.8) is 0 Å². The van der Waals surface area contributed by atoms with E-state index in [1.807, 2.05) is 53.9 Å². The number of hydrogen-bond donors (Lipinski definition) is 1. The molecule has 0 aliphatic carbocycles. The Hall–Kier alpha value is -2.71. The summed E-state index contributed by atoms with van der Waals surface area (Å²) in [5.74, 6) is 3.33. The van der Waals surface area contributed by atoms with Crippen molar-refractivity contribution in [1.29, 1.82) is 0 Å². The Morgan fingerprint density at radius 1 is 1.10 bits per heavy atom. The van der Waals surface area contributed by atoms with Gasteiger partial charge in [0.2, 0.25) is 0 Å². The van der Waals surface area contributed by atoms with E-state index in [1.165, 1.54) is 0 Å². The number of hydrogen-bond acceptors (Lipinski definition) is 7. The number of aryl methyl sites for hydroxylation is 1. The van der Waals surface area contributed by atoms with Crippen LogP contribution in [0.15, 0.2) is 36.5 Å². The summed E-state index contributed by atoms with van der Waals surface area (Å²) < 4.78 is 11.3. The number of nitrogens with one attached hydrogen (secondary N) is 1. The minimum absolute atomic E-state index is 0. The molecule has 0 unspecified atom stereocenters. The Morgan fingerprint density at radius 3 is 2.68 bits per heavy atom. The molecule has 2 aromatic heterocycles. The van der Waals surface area contributed by atoms with Crippen LogP contribution in [-0.4, -0.2) is 58.6 Å². The molecule has 1 amide bonds. The first kappa shape index (κ1) is 21.5. The summed E-state index contributed by atoms with van der Waals surface area (Å²) in [4.78, 5) is 24.2. The maximum atomic E-state index is 13.3. The molecule has 31 heavy (non-hydrogen) atoms. The molecule has 3 aromatic rings. The van der Waals surface area contributed by atoms with Crippen LogP contribution in [0.25, 0.3) is 11.0 Å². The normalized spacial score (nSPS) is 15.3. The highest BCUT2D eigenvalue weighted by molar-refractivity contribution is 7.99. The van der Waals surface area contributed by atoms with Gasteiger partial charge in [0.1, 0.15) is 13.2 Å². The molecule has 4 heterocycles. The second-order valence-corrected chi connectivity index (χ2v) is 8.48. The van der Waals surface area contributed by atoms with Crippen molar-refractivity contribution < 1.29 is 14.3 Å². The molecular formula is C22H23ClN4O3S. The van der Waals surface area contributed by atoms with Crippen LogP contribution in [0.4, 0.5) is 11.4 Å². The van der Waals surface area contributed by atoms with Gasteiger partial charge in [-0.15, -0.1) is 12.4 Å². The maximum Gasteiger partial charge on any atom is 0.257 e. The Kier molecular flexibility index (Phi) is 6.38. The monoisotopic (exact) mass is 458 g/mol. The summed E-state index contributed by atoms with van der Waals surface area (Å²) in [6.45, 7) is 4.49. The third-order valence-electron chi connectivity index (χ3n) is 5.21. The molecule has 5 rings (SSSR count). The number of carbonyl (C=O) groups excluding carboxylic acids is 1.